The minimum absolute atomic E-state index is 0.0877. The number of ether oxygens (including phenoxy) is 1. The number of hydrogen-bond acceptors (Lipinski definition) is 2. The summed E-state index contributed by atoms with van der Waals surface area (Å²) in [7, 11) is 1.91. The van der Waals surface area contributed by atoms with Crippen LogP contribution in [0.4, 0.5) is 4.39 Å². The Morgan fingerprint density at radius 1 is 1.35 bits per heavy atom. The van der Waals surface area contributed by atoms with Crippen LogP contribution in [0, 0.1) is 12.7 Å². The van der Waals surface area contributed by atoms with E-state index in [4.69, 9.17) is 4.74 Å². The predicted octanol–water partition coefficient (Wildman–Crippen LogP) is 2.96. The van der Waals surface area contributed by atoms with E-state index in [0.717, 1.165) is 30.6 Å². The van der Waals surface area contributed by atoms with Crippen molar-refractivity contribution in [2.75, 3.05) is 13.7 Å². The van der Waals surface area contributed by atoms with Gasteiger partial charge in [0.05, 0.1) is 12.1 Å². The van der Waals surface area contributed by atoms with E-state index in [1.807, 2.05) is 20.0 Å². The summed E-state index contributed by atoms with van der Waals surface area (Å²) in [5.41, 5.74) is 1.94. The molecule has 1 aromatic rings. The Balaban J connectivity index is 2.21. The highest BCUT2D eigenvalue weighted by atomic mass is 19.1. The summed E-state index contributed by atoms with van der Waals surface area (Å²) in [6, 6.07) is 5.27. The number of halogens is 1. The number of likely N-dealkylation sites (N-methyl/N-ethyl adjacent to an activating group) is 1. The lowest BCUT2D eigenvalue weighted by molar-refractivity contribution is -0.00667. The van der Waals surface area contributed by atoms with Crippen LogP contribution in [0.1, 0.15) is 36.4 Å². The summed E-state index contributed by atoms with van der Waals surface area (Å²) >= 11 is 0. The first-order chi connectivity index (χ1) is 8.20. The molecule has 0 radical (unpaired) electrons. The second kappa shape index (κ2) is 5.61. The summed E-state index contributed by atoms with van der Waals surface area (Å²) < 4.78 is 19.2. The third-order valence-corrected chi connectivity index (χ3v) is 3.32. The zero-order valence-corrected chi connectivity index (χ0v) is 10.5. The van der Waals surface area contributed by atoms with Crippen molar-refractivity contribution in [1.29, 1.82) is 0 Å². The van der Waals surface area contributed by atoms with Crippen molar-refractivity contribution in [2.24, 2.45) is 0 Å². The molecule has 2 nitrogen and oxygen atoms in total. The summed E-state index contributed by atoms with van der Waals surface area (Å²) in [5, 5.41) is 3.25. The maximum absolute atomic E-state index is 13.4. The quantitative estimate of drug-likeness (QED) is 0.872. The molecule has 3 heteroatoms. The van der Waals surface area contributed by atoms with Crippen molar-refractivity contribution in [1.82, 2.24) is 5.32 Å². The minimum Gasteiger partial charge on any atom is -0.376 e. The Kier molecular flexibility index (Phi) is 4.13. The maximum Gasteiger partial charge on any atom is 0.123 e. The van der Waals surface area contributed by atoms with Gasteiger partial charge in [-0.25, -0.2) is 4.39 Å². The van der Waals surface area contributed by atoms with Gasteiger partial charge >= 0.3 is 0 Å². The number of rotatable bonds is 3. The van der Waals surface area contributed by atoms with Crippen LogP contribution in [-0.4, -0.2) is 19.8 Å². The molecule has 1 heterocycles. The number of benzene rings is 1. The van der Waals surface area contributed by atoms with Crippen molar-refractivity contribution >= 4 is 0 Å². The molecule has 0 aromatic heterocycles. The number of aryl methyl sites for hydroxylation is 1. The van der Waals surface area contributed by atoms with Crippen molar-refractivity contribution < 1.29 is 9.13 Å². The molecule has 1 aliphatic heterocycles. The van der Waals surface area contributed by atoms with Gasteiger partial charge in [0.1, 0.15) is 5.82 Å². The van der Waals surface area contributed by atoms with E-state index in [9.17, 15) is 4.39 Å². The van der Waals surface area contributed by atoms with Crippen LogP contribution < -0.4 is 5.32 Å². The van der Waals surface area contributed by atoms with Crippen LogP contribution in [0.3, 0.4) is 0 Å². The second-order valence-corrected chi connectivity index (χ2v) is 4.73. The molecule has 0 amide bonds. The van der Waals surface area contributed by atoms with Gasteiger partial charge in [-0.3, -0.25) is 0 Å². The van der Waals surface area contributed by atoms with E-state index in [1.54, 1.807) is 12.1 Å². The van der Waals surface area contributed by atoms with E-state index >= 15 is 0 Å². The molecule has 2 unspecified atom stereocenters. The van der Waals surface area contributed by atoms with Gasteiger partial charge in [0.15, 0.2) is 0 Å². The molecular formula is C14H20FNO. The van der Waals surface area contributed by atoms with Crippen molar-refractivity contribution in [3.8, 4) is 0 Å². The lowest BCUT2D eigenvalue weighted by Gasteiger charge is -2.30. The van der Waals surface area contributed by atoms with Gasteiger partial charge in [-0.1, -0.05) is 6.07 Å². The fourth-order valence-electron chi connectivity index (χ4n) is 2.54. The molecule has 0 spiro atoms. The Labute approximate surface area is 102 Å². The third-order valence-electron chi connectivity index (χ3n) is 3.32. The van der Waals surface area contributed by atoms with Gasteiger partial charge in [0.2, 0.25) is 0 Å². The van der Waals surface area contributed by atoms with Crippen LogP contribution in [0.15, 0.2) is 18.2 Å². The molecular weight excluding hydrogens is 217 g/mol. The van der Waals surface area contributed by atoms with Crippen molar-refractivity contribution in [3.63, 3.8) is 0 Å². The van der Waals surface area contributed by atoms with Gasteiger partial charge in [-0.05, 0) is 56.5 Å². The monoisotopic (exact) mass is 237 g/mol. The molecule has 1 saturated heterocycles. The predicted molar refractivity (Wildman–Crippen MR) is 66.5 cm³/mol. The molecule has 1 N–H and O–H groups in total. The molecule has 0 saturated carbocycles. The van der Waals surface area contributed by atoms with Crippen LogP contribution in [0.25, 0.3) is 0 Å². The summed E-state index contributed by atoms with van der Waals surface area (Å²) in [6.07, 6.45) is 3.53. The highest BCUT2D eigenvalue weighted by Crippen LogP contribution is 2.27. The van der Waals surface area contributed by atoms with Crippen molar-refractivity contribution in [2.45, 2.75) is 38.3 Å². The summed E-state index contributed by atoms with van der Waals surface area (Å²) in [6.45, 7) is 2.73. The first-order valence-corrected chi connectivity index (χ1v) is 6.26. The highest BCUT2D eigenvalue weighted by Gasteiger charge is 2.25. The van der Waals surface area contributed by atoms with E-state index in [1.165, 1.54) is 6.42 Å². The van der Waals surface area contributed by atoms with Gasteiger partial charge in [-0.15, -0.1) is 0 Å². The third kappa shape index (κ3) is 3.05. The molecule has 94 valence electrons. The van der Waals surface area contributed by atoms with E-state index < -0.39 is 0 Å². The zero-order valence-electron chi connectivity index (χ0n) is 10.5. The van der Waals surface area contributed by atoms with Gasteiger partial charge < -0.3 is 10.1 Å². The van der Waals surface area contributed by atoms with E-state index in [0.29, 0.717) is 0 Å². The van der Waals surface area contributed by atoms with Crippen molar-refractivity contribution in [3.05, 3.63) is 35.1 Å². The van der Waals surface area contributed by atoms with Gasteiger partial charge in [0.25, 0.3) is 0 Å². The van der Waals surface area contributed by atoms with Gasteiger partial charge in [-0.2, -0.15) is 0 Å². The Hall–Kier alpha value is -0.930. The van der Waals surface area contributed by atoms with Gasteiger partial charge in [0, 0.05) is 6.61 Å². The largest absolute Gasteiger partial charge is 0.376 e. The smallest absolute Gasteiger partial charge is 0.123 e. The average molecular weight is 237 g/mol. The topological polar surface area (TPSA) is 21.3 Å². The first-order valence-electron chi connectivity index (χ1n) is 6.26. The van der Waals surface area contributed by atoms with Crippen LogP contribution in [-0.2, 0) is 4.74 Å². The molecule has 0 bridgehead atoms. The molecule has 1 aliphatic rings. The standard InChI is InChI=1S/C14H20FNO/c1-10-7-11(9-12(15)8-10)14(16-2)13-5-3-4-6-17-13/h7-9,13-14,16H,3-6H2,1-2H3. The zero-order chi connectivity index (χ0) is 12.3. The second-order valence-electron chi connectivity index (χ2n) is 4.73. The SMILES string of the molecule is CNC(c1cc(C)cc(F)c1)C1CCCCO1. The Morgan fingerprint density at radius 2 is 2.18 bits per heavy atom. The molecule has 2 rings (SSSR count). The molecule has 1 aromatic carbocycles. The fourth-order valence-corrected chi connectivity index (χ4v) is 2.54. The highest BCUT2D eigenvalue weighted by molar-refractivity contribution is 5.27. The molecule has 17 heavy (non-hydrogen) atoms. The summed E-state index contributed by atoms with van der Waals surface area (Å²) in [4.78, 5) is 0. The Morgan fingerprint density at radius 3 is 2.76 bits per heavy atom. The maximum atomic E-state index is 13.4. The van der Waals surface area contributed by atoms with Crippen LogP contribution >= 0.6 is 0 Å². The number of nitrogens with one attached hydrogen (secondary N) is 1. The summed E-state index contributed by atoms with van der Waals surface area (Å²) in [5.74, 6) is -0.170. The first kappa shape index (κ1) is 12.5. The number of hydrogen-bond donors (Lipinski definition) is 1. The molecule has 1 fully saturated rings. The molecule has 0 aliphatic carbocycles. The lowest BCUT2D eigenvalue weighted by atomic mass is 9.95. The van der Waals surface area contributed by atoms with E-state index in [2.05, 4.69) is 5.32 Å². The van der Waals surface area contributed by atoms with E-state index in [-0.39, 0.29) is 18.0 Å². The minimum atomic E-state index is -0.170. The lowest BCUT2D eigenvalue weighted by Crippen LogP contribution is -2.34. The molecule has 2 atom stereocenters. The average Bonchev–Trinajstić information content (AvgIpc) is 2.30. The normalized spacial score (nSPS) is 22.4. The van der Waals surface area contributed by atoms with Crippen LogP contribution in [0.2, 0.25) is 0 Å². The Bertz CT molecular complexity index is 354. The van der Waals surface area contributed by atoms with Crippen LogP contribution in [0.5, 0.6) is 0 Å². The fraction of sp³-hybridized carbons (Fsp3) is 0.571.